The van der Waals surface area contributed by atoms with Crippen LogP contribution in [-0.4, -0.2) is 15.4 Å². The van der Waals surface area contributed by atoms with Crippen molar-refractivity contribution in [2.75, 3.05) is 0 Å². The normalized spacial score (nSPS) is 11.9. The van der Waals surface area contributed by atoms with Crippen LogP contribution in [0.3, 0.4) is 0 Å². The first-order chi connectivity index (χ1) is 9.70. The Balaban J connectivity index is 2.70. The van der Waals surface area contributed by atoms with Crippen molar-refractivity contribution >= 4 is 18.5 Å². The Kier molecular flexibility index (Phi) is 4.30. The molecule has 2 aromatic rings. The Labute approximate surface area is 128 Å². The summed E-state index contributed by atoms with van der Waals surface area (Å²) in [5.74, 6) is 0.616. The lowest BCUT2D eigenvalue weighted by Crippen LogP contribution is -2.27. The summed E-state index contributed by atoms with van der Waals surface area (Å²) in [6, 6.07) is 11.4. The van der Waals surface area contributed by atoms with Crippen LogP contribution in [0.5, 0.6) is 11.5 Å². The van der Waals surface area contributed by atoms with Crippen molar-refractivity contribution in [2.24, 2.45) is 0 Å². The summed E-state index contributed by atoms with van der Waals surface area (Å²) in [7, 11) is -0.866. The van der Waals surface area contributed by atoms with Gasteiger partial charge in [0, 0.05) is 10.6 Å². The van der Waals surface area contributed by atoms with E-state index >= 15 is 0 Å². The summed E-state index contributed by atoms with van der Waals surface area (Å²) >= 11 is 0. The lowest BCUT2D eigenvalue weighted by Gasteiger charge is -2.33. The summed E-state index contributed by atoms with van der Waals surface area (Å²) in [5.41, 5.74) is 2.23. The maximum atomic E-state index is 10.3. The van der Waals surface area contributed by atoms with Gasteiger partial charge in [0.05, 0.1) is 0 Å². The van der Waals surface area contributed by atoms with Gasteiger partial charge in [-0.3, -0.25) is 0 Å². The van der Waals surface area contributed by atoms with Crippen LogP contribution >= 0.6 is 7.92 Å². The average molecular weight is 302 g/mol. The van der Waals surface area contributed by atoms with E-state index in [0.717, 1.165) is 21.7 Å². The second kappa shape index (κ2) is 5.69. The molecule has 0 atom stereocenters. The highest BCUT2D eigenvalue weighted by Gasteiger charge is 2.31. The van der Waals surface area contributed by atoms with Crippen LogP contribution < -0.4 is 10.6 Å². The highest BCUT2D eigenvalue weighted by Crippen LogP contribution is 2.51. The first kappa shape index (κ1) is 15.9. The topological polar surface area (TPSA) is 40.5 Å². The van der Waals surface area contributed by atoms with Gasteiger partial charge in [-0.15, -0.1) is 0 Å². The highest BCUT2D eigenvalue weighted by atomic mass is 31.1. The molecule has 0 aliphatic rings. The molecule has 0 aliphatic heterocycles. The zero-order valence-electron chi connectivity index (χ0n) is 13.3. The molecule has 0 saturated carbocycles. The van der Waals surface area contributed by atoms with Crippen molar-refractivity contribution < 1.29 is 10.2 Å². The van der Waals surface area contributed by atoms with Gasteiger partial charge in [0.2, 0.25) is 0 Å². The van der Waals surface area contributed by atoms with Crippen molar-refractivity contribution in [2.45, 2.75) is 39.8 Å². The van der Waals surface area contributed by atoms with Crippen molar-refractivity contribution in [1.29, 1.82) is 0 Å². The summed E-state index contributed by atoms with van der Waals surface area (Å²) in [4.78, 5) is 0. The van der Waals surface area contributed by atoms with Crippen LogP contribution in [0, 0.1) is 13.8 Å². The third-order valence-corrected chi connectivity index (χ3v) is 6.44. The minimum absolute atomic E-state index is 0.0636. The van der Waals surface area contributed by atoms with Gasteiger partial charge in [0.25, 0.3) is 0 Å². The molecular formula is C18H23O2P. The Morgan fingerprint density at radius 2 is 1.14 bits per heavy atom. The number of hydrogen-bond acceptors (Lipinski definition) is 2. The van der Waals surface area contributed by atoms with Gasteiger partial charge >= 0.3 is 0 Å². The molecule has 2 aromatic carbocycles. The van der Waals surface area contributed by atoms with Crippen LogP contribution in [0.15, 0.2) is 36.4 Å². The van der Waals surface area contributed by atoms with Gasteiger partial charge in [-0.25, -0.2) is 0 Å². The fourth-order valence-corrected chi connectivity index (χ4v) is 5.46. The van der Waals surface area contributed by atoms with Crippen LogP contribution in [0.1, 0.15) is 31.9 Å². The standard InChI is InChI=1S/C18H23O2P/c1-12-6-8-14(19)16(10-12)21(18(3,4)5)17-11-13(2)7-9-15(17)20/h6-11,19-20H,1-5H3. The molecule has 21 heavy (non-hydrogen) atoms. The molecule has 0 aromatic heterocycles. The molecule has 0 spiro atoms. The minimum Gasteiger partial charge on any atom is -0.507 e. The number of phenols is 2. The summed E-state index contributed by atoms with van der Waals surface area (Å²) in [5, 5.41) is 22.4. The molecule has 0 aliphatic carbocycles. The highest BCUT2D eigenvalue weighted by molar-refractivity contribution is 7.74. The zero-order valence-corrected chi connectivity index (χ0v) is 14.2. The molecule has 0 bridgehead atoms. The fraction of sp³-hybridized carbons (Fsp3) is 0.333. The Morgan fingerprint density at radius 1 is 0.762 bits per heavy atom. The van der Waals surface area contributed by atoms with Crippen LogP contribution in [-0.2, 0) is 0 Å². The van der Waals surface area contributed by atoms with E-state index in [4.69, 9.17) is 0 Å². The van der Waals surface area contributed by atoms with Crippen molar-refractivity contribution in [3.63, 3.8) is 0 Å². The zero-order chi connectivity index (χ0) is 15.8. The van der Waals surface area contributed by atoms with E-state index in [0.29, 0.717) is 11.5 Å². The average Bonchev–Trinajstić information content (AvgIpc) is 2.36. The van der Waals surface area contributed by atoms with E-state index in [1.807, 2.05) is 38.1 Å². The molecule has 0 amide bonds. The molecule has 112 valence electrons. The largest absolute Gasteiger partial charge is 0.507 e. The first-order valence-corrected chi connectivity index (χ1v) is 8.44. The van der Waals surface area contributed by atoms with Gasteiger partial charge in [0.15, 0.2) is 0 Å². The SMILES string of the molecule is Cc1ccc(O)c(P(c2cc(C)ccc2O)C(C)(C)C)c1. The van der Waals surface area contributed by atoms with E-state index in [9.17, 15) is 10.2 Å². The summed E-state index contributed by atoms with van der Waals surface area (Å²) < 4.78 is 0. The van der Waals surface area contributed by atoms with Crippen molar-refractivity contribution in [1.82, 2.24) is 0 Å². The van der Waals surface area contributed by atoms with Crippen LogP contribution in [0.2, 0.25) is 0 Å². The molecule has 0 saturated heterocycles. The Bertz CT molecular complexity index is 605. The molecule has 0 fully saturated rings. The molecule has 2 nitrogen and oxygen atoms in total. The number of phenolic OH excluding ortho intramolecular Hbond substituents is 2. The van der Waals surface area contributed by atoms with E-state index in [-0.39, 0.29) is 5.16 Å². The predicted molar refractivity (Wildman–Crippen MR) is 91.6 cm³/mol. The van der Waals surface area contributed by atoms with E-state index in [2.05, 4.69) is 20.8 Å². The number of aromatic hydroxyl groups is 2. The number of hydrogen-bond donors (Lipinski definition) is 2. The van der Waals surface area contributed by atoms with Gasteiger partial charge in [0.1, 0.15) is 11.5 Å². The van der Waals surface area contributed by atoms with Gasteiger partial charge in [-0.2, -0.15) is 0 Å². The molecule has 0 unspecified atom stereocenters. The van der Waals surface area contributed by atoms with E-state index < -0.39 is 7.92 Å². The van der Waals surface area contributed by atoms with Crippen LogP contribution in [0.4, 0.5) is 0 Å². The second-order valence-electron chi connectivity index (χ2n) is 6.49. The van der Waals surface area contributed by atoms with Gasteiger partial charge in [-0.1, -0.05) is 44.0 Å². The first-order valence-electron chi connectivity index (χ1n) is 7.09. The lowest BCUT2D eigenvalue weighted by atomic mass is 10.2. The molecular weight excluding hydrogens is 279 g/mol. The Morgan fingerprint density at radius 3 is 1.48 bits per heavy atom. The summed E-state index contributed by atoms with van der Waals surface area (Å²) in [6.07, 6.45) is 0. The molecule has 0 heterocycles. The van der Waals surface area contributed by atoms with Crippen LogP contribution in [0.25, 0.3) is 0 Å². The molecule has 2 rings (SSSR count). The third-order valence-electron chi connectivity index (χ3n) is 3.41. The number of aryl methyl sites for hydroxylation is 2. The monoisotopic (exact) mass is 302 g/mol. The number of rotatable bonds is 2. The predicted octanol–water partition coefficient (Wildman–Crippen LogP) is 3.95. The Hall–Kier alpha value is -1.53. The molecule has 3 heteroatoms. The lowest BCUT2D eigenvalue weighted by molar-refractivity contribution is 0.478. The maximum Gasteiger partial charge on any atom is 0.123 e. The minimum atomic E-state index is -0.866. The smallest absolute Gasteiger partial charge is 0.123 e. The fourth-order valence-electron chi connectivity index (χ4n) is 2.48. The quantitative estimate of drug-likeness (QED) is 0.825. The van der Waals surface area contributed by atoms with E-state index in [1.54, 1.807) is 12.1 Å². The number of benzene rings is 2. The third kappa shape index (κ3) is 3.39. The van der Waals surface area contributed by atoms with Gasteiger partial charge in [-0.05, 0) is 51.2 Å². The second-order valence-corrected chi connectivity index (χ2v) is 9.47. The molecule has 0 radical (unpaired) electrons. The molecule has 2 N–H and O–H groups in total. The maximum absolute atomic E-state index is 10.3. The van der Waals surface area contributed by atoms with Gasteiger partial charge < -0.3 is 10.2 Å². The van der Waals surface area contributed by atoms with Crippen molar-refractivity contribution in [3.8, 4) is 11.5 Å². The summed E-state index contributed by atoms with van der Waals surface area (Å²) in [6.45, 7) is 10.5. The van der Waals surface area contributed by atoms with E-state index in [1.165, 1.54) is 0 Å². The van der Waals surface area contributed by atoms with Crippen molar-refractivity contribution in [3.05, 3.63) is 47.5 Å².